The number of ketones is 1. The number of benzene rings is 2. The second-order valence-corrected chi connectivity index (χ2v) is 5.84. The average Bonchev–Trinajstić information content (AvgIpc) is 3.03. The van der Waals surface area contributed by atoms with Crippen LogP contribution in [0.15, 0.2) is 42.6 Å². The molecule has 0 fully saturated rings. The number of nitro benzene ring substituents is 1. The first-order valence-corrected chi connectivity index (χ1v) is 8.01. The number of nitrogens with one attached hydrogen (secondary N) is 1. The van der Waals surface area contributed by atoms with Gasteiger partial charge in [-0.05, 0) is 30.5 Å². The van der Waals surface area contributed by atoms with Gasteiger partial charge >= 0.3 is 5.69 Å². The van der Waals surface area contributed by atoms with E-state index in [1.165, 1.54) is 6.07 Å². The molecule has 128 valence electrons. The number of hydrogen-bond donors (Lipinski definition) is 1. The molecule has 6 nitrogen and oxygen atoms in total. The third kappa shape index (κ3) is 3.24. The number of ether oxygens (including phenoxy) is 1. The van der Waals surface area contributed by atoms with Crippen molar-refractivity contribution in [3.63, 3.8) is 0 Å². The summed E-state index contributed by atoms with van der Waals surface area (Å²) < 4.78 is 5.47. The Morgan fingerprint density at radius 1 is 1.28 bits per heavy atom. The smallest absolute Gasteiger partial charge is 0.310 e. The van der Waals surface area contributed by atoms with E-state index >= 15 is 0 Å². The molecule has 0 unspecified atom stereocenters. The molecular formula is C19H18N2O4. The summed E-state index contributed by atoms with van der Waals surface area (Å²) in [6.07, 6.45) is 2.53. The molecule has 3 aromatic rings. The first kappa shape index (κ1) is 16.7. The van der Waals surface area contributed by atoms with Crippen molar-refractivity contribution in [3.05, 3.63) is 69.4 Å². The summed E-state index contributed by atoms with van der Waals surface area (Å²) in [7, 11) is 0. The number of nitrogens with zero attached hydrogens (tertiary/aromatic N) is 1. The Kier molecular flexibility index (Phi) is 4.52. The van der Waals surface area contributed by atoms with Crippen LogP contribution in [0.1, 0.15) is 28.4 Å². The average molecular weight is 338 g/mol. The molecule has 0 saturated carbocycles. The number of para-hydroxylation sites is 1. The molecule has 0 atom stereocenters. The van der Waals surface area contributed by atoms with E-state index in [2.05, 4.69) is 11.9 Å². The van der Waals surface area contributed by atoms with Crippen LogP contribution in [0, 0.1) is 17.0 Å². The Balaban J connectivity index is 1.85. The molecule has 0 spiro atoms. The van der Waals surface area contributed by atoms with Gasteiger partial charge in [-0.15, -0.1) is 0 Å². The number of carbonyl (C=O) groups is 1. The molecule has 0 amide bonds. The van der Waals surface area contributed by atoms with Gasteiger partial charge in [0.1, 0.15) is 0 Å². The van der Waals surface area contributed by atoms with Gasteiger partial charge in [-0.1, -0.05) is 31.2 Å². The van der Waals surface area contributed by atoms with E-state index in [0.717, 1.165) is 28.5 Å². The van der Waals surface area contributed by atoms with Crippen molar-refractivity contribution in [3.8, 4) is 5.75 Å². The molecule has 0 aliphatic rings. The molecule has 0 bridgehead atoms. The summed E-state index contributed by atoms with van der Waals surface area (Å²) in [5.41, 5.74) is 3.28. The van der Waals surface area contributed by atoms with E-state index in [0.29, 0.717) is 5.56 Å². The monoisotopic (exact) mass is 338 g/mol. The number of fused-ring (bicyclic) bond motifs is 1. The third-order valence-electron chi connectivity index (χ3n) is 4.15. The predicted octanol–water partition coefficient (Wildman–Crippen LogP) is 4.21. The lowest BCUT2D eigenvalue weighted by molar-refractivity contribution is -0.385. The maximum absolute atomic E-state index is 12.5. The van der Waals surface area contributed by atoms with E-state index < -0.39 is 4.92 Å². The van der Waals surface area contributed by atoms with Crippen LogP contribution < -0.4 is 4.74 Å². The number of Topliss-reactive ketones (excluding diaryl/α,β-unsaturated/α-hetero) is 1. The minimum absolute atomic E-state index is 0.104. The molecule has 3 rings (SSSR count). The minimum Gasteiger partial charge on any atom is -0.478 e. The Morgan fingerprint density at radius 2 is 2.08 bits per heavy atom. The lowest BCUT2D eigenvalue weighted by Crippen LogP contribution is -2.12. The van der Waals surface area contributed by atoms with Crippen LogP contribution in [0.25, 0.3) is 10.9 Å². The normalized spacial score (nSPS) is 10.8. The number of nitro groups is 1. The molecule has 25 heavy (non-hydrogen) atoms. The predicted molar refractivity (Wildman–Crippen MR) is 95.3 cm³/mol. The van der Waals surface area contributed by atoms with Gasteiger partial charge in [0.05, 0.1) is 4.92 Å². The van der Waals surface area contributed by atoms with Crippen molar-refractivity contribution in [1.82, 2.24) is 4.98 Å². The van der Waals surface area contributed by atoms with Crippen LogP contribution in [-0.4, -0.2) is 22.3 Å². The lowest BCUT2D eigenvalue weighted by atomic mass is 10.1. The van der Waals surface area contributed by atoms with E-state index in [-0.39, 0.29) is 23.8 Å². The highest BCUT2D eigenvalue weighted by atomic mass is 16.6. The summed E-state index contributed by atoms with van der Waals surface area (Å²) in [6.45, 7) is 3.61. The molecule has 2 aromatic carbocycles. The maximum atomic E-state index is 12.5. The minimum atomic E-state index is -0.515. The van der Waals surface area contributed by atoms with Crippen LogP contribution in [0.5, 0.6) is 5.75 Å². The molecule has 1 aromatic heterocycles. The maximum Gasteiger partial charge on any atom is 0.310 e. The van der Waals surface area contributed by atoms with Crippen LogP contribution in [0.3, 0.4) is 0 Å². The molecule has 1 heterocycles. The van der Waals surface area contributed by atoms with Gasteiger partial charge in [-0.2, -0.15) is 0 Å². The number of hydrogen-bond acceptors (Lipinski definition) is 4. The van der Waals surface area contributed by atoms with Gasteiger partial charge in [-0.3, -0.25) is 14.9 Å². The van der Waals surface area contributed by atoms with Crippen molar-refractivity contribution in [2.75, 3.05) is 6.61 Å². The summed E-state index contributed by atoms with van der Waals surface area (Å²) in [5, 5.41) is 11.9. The fourth-order valence-electron chi connectivity index (χ4n) is 2.85. The number of aromatic nitrogens is 1. The summed E-state index contributed by atoms with van der Waals surface area (Å²) in [4.78, 5) is 26.3. The van der Waals surface area contributed by atoms with Gasteiger partial charge < -0.3 is 9.72 Å². The SMILES string of the molecule is CCc1cccc2c(C(=O)COc3cc(C)ccc3[N+](=O)[O-])c[nH]c12. The van der Waals surface area contributed by atoms with E-state index in [1.54, 1.807) is 18.3 Å². The highest BCUT2D eigenvalue weighted by Crippen LogP contribution is 2.28. The highest BCUT2D eigenvalue weighted by molar-refractivity contribution is 6.09. The number of carbonyl (C=O) groups excluding carboxylic acids is 1. The fraction of sp³-hybridized carbons (Fsp3) is 0.211. The van der Waals surface area contributed by atoms with Gasteiger partial charge in [0.2, 0.25) is 5.78 Å². The van der Waals surface area contributed by atoms with Gasteiger partial charge in [0, 0.05) is 28.7 Å². The fourth-order valence-corrected chi connectivity index (χ4v) is 2.85. The zero-order chi connectivity index (χ0) is 18.0. The van der Waals surface area contributed by atoms with Gasteiger partial charge in [-0.25, -0.2) is 0 Å². The third-order valence-corrected chi connectivity index (χ3v) is 4.15. The van der Waals surface area contributed by atoms with Crippen LogP contribution >= 0.6 is 0 Å². The Hall–Kier alpha value is -3.15. The largest absolute Gasteiger partial charge is 0.478 e. The lowest BCUT2D eigenvalue weighted by Gasteiger charge is -2.07. The Labute approximate surface area is 144 Å². The number of aromatic amines is 1. The molecule has 1 N–H and O–H groups in total. The number of rotatable bonds is 6. The molecule has 6 heteroatoms. The molecule has 0 saturated heterocycles. The Morgan fingerprint density at radius 3 is 2.80 bits per heavy atom. The summed E-state index contributed by atoms with van der Waals surface area (Å²) in [5.74, 6) is -0.122. The Bertz CT molecular complexity index is 959. The topological polar surface area (TPSA) is 85.2 Å². The molecule has 0 aliphatic heterocycles. The second kappa shape index (κ2) is 6.76. The molecule has 0 aliphatic carbocycles. The van der Waals surface area contributed by atoms with Gasteiger partial charge in [0.25, 0.3) is 0 Å². The van der Waals surface area contributed by atoms with Crippen LogP contribution in [0.4, 0.5) is 5.69 Å². The van der Waals surface area contributed by atoms with Crippen molar-refractivity contribution >= 4 is 22.4 Å². The van der Waals surface area contributed by atoms with E-state index in [4.69, 9.17) is 4.74 Å². The first-order valence-electron chi connectivity index (χ1n) is 8.01. The highest BCUT2D eigenvalue weighted by Gasteiger charge is 2.18. The standard InChI is InChI=1S/C19H18N2O4/c1-3-13-5-4-6-14-15(10-20-19(13)14)17(22)11-25-18-9-12(2)7-8-16(18)21(23)24/h4-10,20H,3,11H2,1-2H3. The van der Waals surface area contributed by atoms with Crippen molar-refractivity contribution < 1.29 is 14.5 Å². The van der Waals surface area contributed by atoms with Crippen LogP contribution in [-0.2, 0) is 6.42 Å². The quantitative estimate of drug-likeness (QED) is 0.414. The summed E-state index contributed by atoms with van der Waals surface area (Å²) in [6, 6.07) is 10.4. The van der Waals surface area contributed by atoms with E-state index in [1.807, 2.05) is 25.1 Å². The van der Waals surface area contributed by atoms with Crippen molar-refractivity contribution in [2.45, 2.75) is 20.3 Å². The zero-order valence-electron chi connectivity index (χ0n) is 14.0. The summed E-state index contributed by atoms with van der Waals surface area (Å²) >= 11 is 0. The van der Waals surface area contributed by atoms with Crippen LogP contribution in [0.2, 0.25) is 0 Å². The molecular weight excluding hydrogens is 320 g/mol. The van der Waals surface area contributed by atoms with Crippen molar-refractivity contribution in [2.24, 2.45) is 0 Å². The van der Waals surface area contributed by atoms with Gasteiger partial charge in [0.15, 0.2) is 12.4 Å². The van der Waals surface area contributed by atoms with Crippen molar-refractivity contribution in [1.29, 1.82) is 0 Å². The second-order valence-electron chi connectivity index (χ2n) is 5.84. The number of aryl methyl sites for hydroxylation is 2. The molecule has 0 radical (unpaired) electrons. The number of H-pyrrole nitrogens is 1. The van der Waals surface area contributed by atoms with E-state index in [9.17, 15) is 14.9 Å². The first-order chi connectivity index (χ1) is 12.0. The zero-order valence-corrected chi connectivity index (χ0v) is 14.0.